The third kappa shape index (κ3) is 5.30. The SMILES string of the molecule is COc1ccc2c(c1OCc1ccccc1)C[C@H](C(=O)O)N(C(=O)[C@H](OC1COC1)c1ccccc1)C2. The molecule has 192 valence electrons. The van der Waals surface area contributed by atoms with Crippen molar-refractivity contribution >= 4 is 11.9 Å². The zero-order valence-corrected chi connectivity index (χ0v) is 20.5. The van der Waals surface area contributed by atoms with E-state index in [2.05, 4.69) is 0 Å². The first-order valence-corrected chi connectivity index (χ1v) is 12.2. The van der Waals surface area contributed by atoms with Gasteiger partial charge in [0.1, 0.15) is 18.8 Å². The highest BCUT2D eigenvalue weighted by Crippen LogP contribution is 2.40. The van der Waals surface area contributed by atoms with Crippen molar-refractivity contribution in [2.24, 2.45) is 0 Å². The predicted molar refractivity (Wildman–Crippen MR) is 134 cm³/mol. The summed E-state index contributed by atoms with van der Waals surface area (Å²) in [6.45, 7) is 1.24. The lowest BCUT2D eigenvalue weighted by molar-refractivity contribution is -0.180. The predicted octanol–water partition coefficient (Wildman–Crippen LogP) is 3.77. The molecule has 2 aliphatic rings. The summed E-state index contributed by atoms with van der Waals surface area (Å²) in [5.74, 6) is -0.452. The van der Waals surface area contributed by atoms with Gasteiger partial charge < -0.3 is 29.0 Å². The van der Waals surface area contributed by atoms with Crippen molar-refractivity contribution in [1.82, 2.24) is 4.90 Å². The Balaban J connectivity index is 1.46. The van der Waals surface area contributed by atoms with Crippen molar-refractivity contribution in [3.8, 4) is 11.5 Å². The van der Waals surface area contributed by atoms with Crippen molar-refractivity contribution in [1.29, 1.82) is 0 Å². The normalized spacial score (nSPS) is 17.9. The second-order valence-electron chi connectivity index (χ2n) is 9.12. The zero-order chi connectivity index (χ0) is 25.8. The molecule has 0 bridgehead atoms. The summed E-state index contributed by atoms with van der Waals surface area (Å²) >= 11 is 0. The maximum Gasteiger partial charge on any atom is 0.326 e. The number of aliphatic carboxylic acids is 1. The fourth-order valence-electron chi connectivity index (χ4n) is 4.66. The third-order valence-corrected chi connectivity index (χ3v) is 6.71. The number of carbonyl (C=O) groups is 2. The highest BCUT2D eigenvalue weighted by atomic mass is 16.6. The molecule has 1 amide bonds. The Hall–Kier alpha value is -3.88. The molecule has 37 heavy (non-hydrogen) atoms. The number of carboxylic acid groups (broad SMARTS) is 1. The zero-order valence-electron chi connectivity index (χ0n) is 20.5. The molecule has 0 radical (unpaired) electrons. The van der Waals surface area contributed by atoms with E-state index in [0.29, 0.717) is 36.9 Å². The van der Waals surface area contributed by atoms with Crippen LogP contribution in [-0.2, 0) is 38.6 Å². The maximum absolute atomic E-state index is 13.9. The van der Waals surface area contributed by atoms with Gasteiger partial charge in [-0.05, 0) is 22.8 Å². The molecule has 1 saturated heterocycles. The number of methoxy groups -OCH3 is 1. The lowest BCUT2D eigenvalue weighted by atomic mass is 9.91. The second-order valence-corrected chi connectivity index (χ2v) is 9.12. The quantitative estimate of drug-likeness (QED) is 0.475. The highest BCUT2D eigenvalue weighted by molar-refractivity contribution is 5.88. The maximum atomic E-state index is 13.9. The number of amides is 1. The minimum Gasteiger partial charge on any atom is -0.493 e. The monoisotopic (exact) mass is 503 g/mol. The van der Waals surface area contributed by atoms with Crippen LogP contribution in [0.2, 0.25) is 0 Å². The largest absolute Gasteiger partial charge is 0.493 e. The number of hydrogen-bond donors (Lipinski definition) is 1. The van der Waals surface area contributed by atoms with E-state index in [4.69, 9.17) is 18.9 Å². The Labute approximate surface area is 215 Å². The molecule has 2 aliphatic heterocycles. The van der Waals surface area contributed by atoms with Crippen LogP contribution in [0, 0.1) is 0 Å². The number of ether oxygens (including phenoxy) is 4. The lowest BCUT2D eigenvalue weighted by Crippen LogP contribution is -2.51. The van der Waals surface area contributed by atoms with Crippen LogP contribution in [0.3, 0.4) is 0 Å². The molecule has 0 aromatic heterocycles. The number of carboxylic acids is 1. The Bertz CT molecular complexity index is 1240. The molecule has 2 heterocycles. The molecule has 8 nitrogen and oxygen atoms in total. The summed E-state index contributed by atoms with van der Waals surface area (Å²) in [5.41, 5.74) is 3.20. The third-order valence-electron chi connectivity index (χ3n) is 6.71. The Morgan fingerprint density at radius 3 is 2.35 bits per heavy atom. The fraction of sp³-hybridized carbons (Fsp3) is 0.310. The van der Waals surface area contributed by atoms with Crippen LogP contribution >= 0.6 is 0 Å². The van der Waals surface area contributed by atoms with Gasteiger partial charge in [-0.15, -0.1) is 0 Å². The molecule has 0 unspecified atom stereocenters. The second kappa shape index (κ2) is 11.0. The standard InChI is InChI=1S/C29H29NO7/c1-34-25-13-12-21-15-30(28(31)26(37-22-17-35-18-22)20-10-6-3-7-11-20)24(29(32)33)14-23(21)27(25)36-16-19-8-4-2-5-9-19/h2-13,22,24,26H,14-18H2,1H3,(H,32,33)/t24-,26-/m1/s1. The van der Waals surface area contributed by atoms with Crippen molar-refractivity contribution < 1.29 is 33.6 Å². The van der Waals surface area contributed by atoms with E-state index in [1.807, 2.05) is 66.7 Å². The van der Waals surface area contributed by atoms with Crippen LogP contribution < -0.4 is 9.47 Å². The Kier molecular flexibility index (Phi) is 7.39. The van der Waals surface area contributed by atoms with Gasteiger partial charge in [-0.1, -0.05) is 66.7 Å². The molecule has 0 saturated carbocycles. The number of nitrogens with zero attached hydrogens (tertiary/aromatic N) is 1. The lowest BCUT2D eigenvalue weighted by Gasteiger charge is -2.38. The number of carbonyl (C=O) groups excluding carboxylic acids is 1. The van der Waals surface area contributed by atoms with Crippen LogP contribution in [0.4, 0.5) is 0 Å². The van der Waals surface area contributed by atoms with Crippen LogP contribution in [0.1, 0.15) is 28.4 Å². The summed E-state index contributed by atoms with van der Waals surface area (Å²) in [5, 5.41) is 10.2. The first-order chi connectivity index (χ1) is 18.0. The molecule has 2 atom stereocenters. The number of fused-ring (bicyclic) bond motifs is 1. The van der Waals surface area contributed by atoms with Gasteiger partial charge in [0.15, 0.2) is 17.6 Å². The van der Waals surface area contributed by atoms with Crippen LogP contribution in [0.25, 0.3) is 0 Å². The molecular formula is C29H29NO7. The van der Waals surface area contributed by atoms with E-state index in [-0.39, 0.29) is 19.1 Å². The van der Waals surface area contributed by atoms with E-state index in [0.717, 1.165) is 16.7 Å². The number of benzene rings is 3. The molecular weight excluding hydrogens is 474 g/mol. The van der Waals surface area contributed by atoms with Crippen molar-refractivity contribution in [2.75, 3.05) is 20.3 Å². The molecule has 1 fully saturated rings. The van der Waals surface area contributed by atoms with Crippen molar-refractivity contribution in [2.45, 2.75) is 37.8 Å². The first kappa shape index (κ1) is 24.8. The topological polar surface area (TPSA) is 94.5 Å². The molecule has 0 spiro atoms. The van der Waals surface area contributed by atoms with Gasteiger partial charge in [0.25, 0.3) is 5.91 Å². The van der Waals surface area contributed by atoms with Crippen LogP contribution in [0.5, 0.6) is 11.5 Å². The van der Waals surface area contributed by atoms with Gasteiger partial charge in [0.2, 0.25) is 0 Å². The first-order valence-electron chi connectivity index (χ1n) is 12.2. The van der Waals surface area contributed by atoms with Gasteiger partial charge in [0.05, 0.1) is 20.3 Å². The molecule has 0 aliphatic carbocycles. The summed E-state index contributed by atoms with van der Waals surface area (Å²) in [7, 11) is 1.55. The summed E-state index contributed by atoms with van der Waals surface area (Å²) in [6, 6.07) is 21.4. The van der Waals surface area contributed by atoms with E-state index in [1.54, 1.807) is 13.2 Å². The van der Waals surface area contributed by atoms with E-state index >= 15 is 0 Å². The van der Waals surface area contributed by atoms with Gasteiger partial charge in [0, 0.05) is 18.5 Å². The van der Waals surface area contributed by atoms with E-state index in [1.165, 1.54) is 4.90 Å². The average Bonchev–Trinajstić information content (AvgIpc) is 2.91. The van der Waals surface area contributed by atoms with Gasteiger partial charge >= 0.3 is 5.97 Å². The summed E-state index contributed by atoms with van der Waals surface area (Å²) in [4.78, 5) is 27.7. The van der Waals surface area contributed by atoms with Gasteiger partial charge in [-0.3, -0.25) is 4.79 Å². The van der Waals surface area contributed by atoms with Crippen LogP contribution in [-0.4, -0.2) is 54.4 Å². The minimum absolute atomic E-state index is 0.0891. The van der Waals surface area contributed by atoms with Gasteiger partial charge in [-0.25, -0.2) is 4.79 Å². The van der Waals surface area contributed by atoms with E-state index < -0.39 is 24.0 Å². The van der Waals surface area contributed by atoms with Gasteiger partial charge in [-0.2, -0.15) is 0 Å². The Morgan fingerprint density at radius 1 is 1.03 bits per heavy atom. The van der Waals surface area contributed by atoms with Crippen molar-refractivity contribution in [3.63, 3.8) is 0 Å². The Morgan fingerprint density at radius 2 is 1.73 bits per heavy atom. The average molecular weight is 504 g/mol. The minimum atomic E-state index is -1.09. The smallest absolute Gasteiger partial charge is 0.326 e. The van der Waals surface area contributed by atoms with Crippen molar-refractivity contribution in [3.05, 3.63) is 95.1 Å². The number of rotatable bonds is 9. The molecule has 3 aromatic rings. The molecule has 1 N–H and O–H groups in total. The molecule has 3 aromatic carbocycles. The number of hydrogen-bond acceptors (Lipinski definition) is 6. The fourth-order valence-corrected chi connectivity index (χ4v) is 4.66. The molecule has 8 heteroatoms. The van der Waals surface area contributed by atoms with Crippen LogP contribution in [0.15, 0.2) is 72.8 Å². The molecule has 5 rings (SSSR count). The highest BCUT2D eigenvalue weighted by Gasteiger charge is 2.41. The summed E-state index contributed by atoms with van der Waals surface area (Å²) in [6.07, 6.45) is -1.05. The summed E-state index contributed by atoms with van der Waals surface area (Å²) < 4.78 is 23.0. The van der Waals surface area contributed by atoms with E-state index in [9.17, 15) is 14.7 Å².